The van der Waals surface area contributed by atoms with Crippen LogP contribution < -0.4 is 21.1 Å². The molecule has 0 spiro atoms. The molecule has 1 aromatic carbocycles. The number of ether oxygens (including phenoxy) is 1. The van der Waals surface area contributed by atoms with E-state index < -0.39 is 0 Å². The summed E-state index contributed by atoms with van der Waals surface area (Å²) >= 11 is 0. The van der Waals surface area contributed by atoms with E-state index in [-0.39, 0.29) is 6.10 Å². The molecular formula is C19H23N7O. The van der Waals surface area contributed by atoms with Gasteiger partial charge >= 0.3 is 0 Å². The first-order valence-electron chi connectivity index (χ1n) is 9.14. The molecule has 2 heterocycles. The summed E-state index contributed by atoms with van der Waals surface area (Å²) in [6.07, 6.45) is 8.98. The van der Waals surface area contributed by atoms with Crippen molar-refractivity contribution in [1.29, 1.82) is 0 Å². The quantitative estimate of drug-likeness (QED) is 0.592. The average molecular weight is 365 g/mol. The normalized spacial score (nSPS) is 19.6. The van der Waals surface area contributed by atoms with E-state index in [1.54, 1.807) is 18.7 Å². The van der Waals surface area contributed by atoms with E-state index in [0.717, 1.165) is 48.4 Å². The fourth-order valence-electron chi connectivity index (χ4n) is 3.44. The van der Waals surface area contributed by atoms with Crippen LogP contribution in [-0.2, 0) is 0 Å². The standard InChI is InChI=1S/C19H23N7O/c1-21-17-10-18(25-11-24-17)26-13-2-4-14(5-3-13)27-16-9-12(20)8-15-19(16)23-7-6-22-15/h6-11,13-14H,2-5,20H2,1H3,(H2,21,24,25,26). The largest absolute Gasteiger partial charge is 0.488 e. The van der Waals surface area contributed by atoms with Crippen LogP contribution in [0.3, 0.4) is 0 Å². The molecule has 8 heteroatoms. The first-order valence-corrected chi connectivity index (χ1v) is 9.14. The highest BCUT2D eigenvalue weighted by Crippen LogP contribution is 2.30. The van der Waals surface area contributed by atoms with Gasteiger partial charge in [0.15, 0.2) is 0 Å². The fraction of sp³-hybridized carbons (Fsp3) is 0.368. The average Bonchev–Trinajstić information content (AvgIpc) is 2.69. The lowest BCUT2D eigenvalue weighted by atomic mass is 9.93. The second-order valence-corrected chi connectivity index (χ2v) is 6.72. The minimum absolute atomic E-state index is 0.147. The van der Waals surface area contributed by atoms with Crippen LogP contribution in [0.15, 0.2) is 36.9 Å². The van der Waals surface area contributed by atoms with Gasteiger partial charge in [-0.2, -0.15) is 0 Å². The predicted octanol–water partition coefficient (Wildman–Crippen LogP) is 2.85. The monoisotopic (exact) mass is 365 g/mol. The van der Waals surface area contributed by atoms with E-state index in [9.17, 15) is 0 Å². The third kappa shape index (κ3) is 3.99. The Balaban J connectivity index is 1.38. The van der Waals surface area contributed by atoms with Gasteiger partial charge in [0.05, 0.1) is 11.6 Å². The van der Waals surface area contributed by atoms with Crippen molar-refractivity contribution >= 4 is 28.4 Å². The van der Waals surface area contributed by atoms with Crippen LogP contribution in [0.2, 0.25) is 0 Å². The molecule has 0 amide bonds. The Bertz CT molecular complexity index is 925. The van der Waals surface area contributed by atoms with Gasteiger partial charge in [-0.25, -0.2) is 15.0 Å². The number of nitrogens with zero attached hydrogens (tertiary/aromatic N) is 4. The molecule has 0 radical (unpaired) electrons. The molecule has 4 rings (SSSR count). The summed E-state index contributed by atoms with van der Waals surface area (Å²) in [5.74, 6) is 2.36. The SMILES string of the molecule is CNc1cc(NC2CCC(Oc3cc(N)cc4nccnc34)CC2)ncn1. The van der Waals surface area contributed by atoms with Crippen molar-refractivity contribution in [2.75, 3.05) is 23.4 Å². The number of nitrogen functional groups attached to an aromatic ring is 1. The molecule has 140 valence electrons. The maximum Gasteiger partial charge on any atom is 0.149 e. The van der Waals surface area contributed by atoms with E-state index in [2.05, 4.69) is 30.6 Å². The number of fused-ring (bicyclic) bond motifs is 1. The van der Waals surface area contributed by atoms with E-state index >= 15 is 0 Å². The van der Waals surface area contributed by atoms with Crippen molar-refractivity contribution in [1.82, 2.24) is 19.9 Å². The molecule has 2 aromatic heterocycles. The predicted molar refractivity (Wildman–Crippen MR) is 106 cm³/mol. The summed E-state index contributed by atoms with van der Waals surface area (Å²) in [6, 6.07) is 5.94. The molecule has 3 aromatic rings. The summed E-state index contributed by atoms with van der Waals surface area (Å²) in [7, 11) is 1.85. The molecule has 0 bridgehead atoms. The molecule has 1 saturated carbocycles. The van der Waals surface area contributed by atoms with E-state index in [1.165, 1.54) is 0 Å². The topological polar surface area (TPSA) is 111 Å². The van der Waals surface area contributed by atoms with Gasteiger partial charge in [0.2, 0.25) is 0 Å². The van der Waals surface area contributed by atoms with Crippen LogP contribution in [0.4, 0.5) is 17.3 Å². The lowest BCUT2D eigenvalue weighted by Gasteiger charge is -2.30. The smallest absolute Gasteiger partial charge is 0.149 e. The van der Waals surface area contributed by atoms with Crippen molar-refractivity contribution < 1.29 is 4.74 Å². The number of nitrogens with one attached hydrogen (secondary N) is 2. The van der Waals surface area contributed by atoms with Gasteiger partial charge < -0.3 is 21.1 Å². The van der Waals surface area contributed by atoms with Gasteiger partial charge in [-0.1, -0.05) is 0 Å². The Labute approximate surface area is 157 Å². The highest BCUT2D eigenvalue weighted by molar-refractivity contribution is 5.84. The summed E-state index contributed by atoms with van der Waals surface area (Å²) in [5.41, 5.74) is 8.14. The van der Waals surface area contributed by atoms with Gasteiger partial charge in [0, 0.05) is 43.3 Å². The lowest BCUT2D eigenvalue weighted by molar-refractivity contribution is 0.152. The summed E-state index contributed by atoms with van der Waals surface area (Å²) < 4.78 is 6.24. The molecule has 0 unspecified atom stereocenters. The fourth-order valence-corrected chi connectivity index (χ4v) is 3.44. The zero-order valence-electron chi connectivity index (χ0n) is 15.2. The highest BCUT2D eigenvalue weighted by atomic mass is 16.5. The molecule has 1 aliphatic rings. The number of rotatable bonds is 5. The Morgan fingerprint density at radius 2 is 1.74 bits per heavy atom. The molecule has 0 saturated heterocycles. The number of hydrogen-bond acceptors (Lipinski definition) is 8. The number of nitrogens with two attached hydrogens (primary N) is 1. The van der Waals surface area contributed by atoms with Crippen LogP contribution in [0.5, 0.6) is 5.75 Å². The van der Waals surface area contributed by atoms with Crippen molar-refractivity contribution in [2.24, 2.45) is 0 Å². The molecule has 1 aliphatic carbocycles. The van der Waals surface area contributed by atoms with Crippen molar-refractivity contribution in [3.8, 4) is 5.75 Å². The van der Waals surface area contributed by atoms with E-state index in [0.29, 0.717) is 17.5 Å². The maximum absolute atomic E-state index is 6.24. The maximum atomic E-state index is 6.24. The van der Waals surface area contributed by atoms with Gasteiger partial charge in [-0.05, 0) is 31.7 Å². The van der Waals surface area contributed by atoms with Gasteiger partial charge in [0.25, 0.3) is 0 Å². The Hall–Kier alpha value is -3.16. The molecular weight excluding hydrogens is 342 g/mol. The molecule has 1 fully saturated rings. The van der Waals surface area contributed by atoms with Crippen LogP contribution in [0.25, 0.3) is 11.0 Å². The molecule has 0 atom stereocenters. The second-order valence-electron chi connectivity index (χ2n) is 6.72. The second kappa shape index (κ2) is 7.61. The van der Waals surface area contributed by atoms with Crippen LogP contribution in [0, 0.1) is 0 Å². The van der Waals surface area contributed by atoms with Crippen LogP contribution in [-0.4, -0.2) is 39.1 Å². The van der Waals surface area contributed by atoms with E-state index in [4.69, 9.17) is 10.5 Å². The summed E-state index contributed by atoms with van der Waals surface area (Å²) in [5, 5.41) is 6.52. The van der Waals surface area contributed by atoms with Gasteiger partial charge in [-0.15, -0.1) is 0 Å². The first kappa shape index (κ1) is 17.3. The van der Waals surface area contributed by atoms with E-state index in [1.807, 2.05) is 25.2 Å². The van der Waals surface area contributed by atoms with Crippen molar-refractivity contribution in [2.45, 2.75) is 37.8 Å². The number of hydrogen-bond donors (Lipinski definition) is 3. The Morgan fingerprint density at radius 3 is 2.56 bits per heavy atom. The zero-order chi connectivity index (χ0) is 18.6. The summed E-state index contributed by atoms with van der Waals surface area (Å²) in [4.78, 5) is 17.1. The first-order chi connectivity index (χ1) is 13.2. The molecule has 8 nitrogen and oxygen atoms in total. The molecule has 4 N–H and O–H groups in total. The summed E-state index contributed by atoms with van der Waals surface area (Å²) in [6.45, 7) is 0. The van der Waals surface area contributed by atoms with Crippen LogP contribution >= 0.6 is 0 Å². The number of anilines is 3. The van der Waals surface area contributed by atoms with Crippen molar-refractivity contribution in [3.05, 3.63) is 36.9 Å². The van der Waals surface area contributed by atoms with Crippen LogP contribution in [0.1, 0.15) is 25.7 Å². The molecule has 27 heavy (non-hydrogen) atoms. The Morgan fingerprint density at radius 1 is 0.963 bits per heavy atom. The lowest BCUT2D eigenvalue weighted by Crippen LogP contribution is -2.31. The van der Waals surface area contributed by atoms with Crippen molar-refractivity contribution in [3.63, 3.8) is 0 Å². The van der Waals surface area contributed by atoms with Gasteiger partial charge in [0.1, 0.15) is 29.2 Å². The number of aromatic nitrogens is 4. The van der Waals surface area contributed by atoms with Gasteiger partial charge in [-0.3, -0.25) is 4.98 Å². The number of benzene rings is 1. The Kier molecular flexibility index (Phi) is 4.86. The molecule has 0 aliphatic heterocycles. The minimum Gasteiger partial charge on any atom is -0.488 e. The third-order valence-corrected chi connectivity index (χ3v) is 4.80. The zero-order valence-corrected chi connectivity index (χ0v) is 15.2. The minimum atomic E-state index is 0.147. The third-order valence-electron chi connectivity index (χ3n) is 4.80. The highest BCUT2D eigenvalue weighted by Gasteiger charge is 2.23.